The highest BCUT2D eigenvalue weighted by Crippen LogP contribution is 2.28. The number of rotatable bonds is 7. The molecule has 1 aromatic carbocycles. The molecule has 1 aliphatic rings. The number of aromatic nitrogens is 1. The van der Waals surface area contributed by atoms with E-state index in [0.29, 0.717) is 22.7 Å². The second-order valence-corrected chi connectivity index (χ2v) is 6.28. The topological polar surface area (TPSA) is 90.0 Å². The standard InChI is InChI=1S/C20H23N3O5/c1-26-17-11-14(5-7-16(17)28-13-19(24)27-2)20(25)22-15-6-8-18(21-12-15)23-9-3-4-10-23/h5-8,11-12H,3-4,9-10,13H2,1-2H3,(H,22,25). The molecule has 28 heavy (non-hydrogen) atoms. The van der Waals surface area contributed by atoms with Crippen LogP contribution >= 0.6 is 0 Å². The van der Waals surface area contributed by atoms with Gasteiger partial charge in [-0.05, 0) is 43.2 Å². The van der Waals surface area contributed by atoms with E-state index in [1.165, 1.54) is 27.1 Å². The maximum absolute atomic E-state index is 12.5. The van der Waals surface area contributed by atoms with E-state index in [1.807, 2.05) is 12.1 Å². The van der Waals surface area contributed by atoms with Gasteiger partial charge in [0.2, 0.25) is 0 Å². The summed E-state index contributed by atoms with van der Waals surface area (Å²) in [5, 5.41) is 2.82. The molecular weight excluding hydrogens is 362 g/mol. The minimum atomic E-state index is -0.506. The van der Waals surface area contributed by atoms with Crippen molar-refractivity contribution >= 4 is 23.4 Å². The zero-order chi connectivity index (χ0) is 19.9. The summed E-state index contributed by atoms with van der Waals surface area (Å²) in [7, 11) is 2.74. The number of ether oxygens (including phenoxy) is 3. The van der Waals surface area contributed by atoms with E-state index in [4.69, 9.17) is 9.47 Å². The van der Waals surface area contributed by atoms with Gasteiger partial charge < -0.3 is 24.4 Å². The highest BCUT2D eigenvalue weighted by molar-refractivity contribution is 6.04. The van der Waals surface area contributed by atoms with Crippen LogP contribution in [0, 0.1) is 0 Å². The molecule has 1 N–H and O–H groups in total. The van der Waals surface area contributed by atoms with Crippen molar-refractivity contribution in [2.45, 2.75) is 12.8 Å². The number of esters is 1. The molecule has 1 fully saturated rings. The number of hydrogen-bond donors (Lipinski definition) is 1. The second-order valence-electron chi connectivity index (χ2n) is 6.28. The fourth-order valence-electron chi connectivity index (χ4n) is 2.92. The summed E-state index contributed by atoms with van der Waals surface area (Å²) in [5.41, 5.74) is 1.00. The van der Waals surface area contributed by atoms with E-state index in [-0.39, 0.29) is 12.5 Å². The van der Waals surface area contributed by atoms with E-state index in [0.717, 1.165) is 18.9 Å². The third kappa shape index (κ3) is 4.70. The van der Waals surface area contributed by atoms with Crippen LogP contribution in [0.1, 0.15) is 23.2 Å². The number of nitrogens with one attached hydrogen (secondary N) is 1. The molecule has 8 heteroatoms. The van der Waals surface area contributed by atoms with Crippen molar-refractivity contribution in [2.75, 3.05) is 44.1 Å². The number of hydrogen-bond acceptors (Lipinski definition) is 7. The number of nitrogens with zero attached hydrogens (tertiary/aromatic N) is 2. The molecule has 0 radical (unpaired) electrons. The Balaban J connectivity index is 1.65. The number of anilines is 2. The van der Waals surface area contributed by atoms with Crippen LogP contribution < -0.4 is 19.7 Å². The van der Waals surface area contributed by atoms with Gasteiger partial charge in [0.1, 0.15) is 5.82 Å². The van der Waals surface area contributed by atoms with Gasteiger partial charge in [-0.2, -0.15) is 0 Å². The summed E-state index contributed by atoms with van der Waals surface area (Å²) in [6, 6.07) is 8.46. The van der Waals surface area contributed by atoms with Crippen molar-refractivity contribution in [3.8, 4) is 11.5 Å². The number of pyridine rings is 1. The Labute approximate surface area is 163 Å². The fourth-order valence-corrected chi connectivity index (χ4v) is 2.92. The van der Waals surface area contributed by atoms with Crippen LogP contribution in [0.3, 0.4) is 0 Å². The van der Waals surface area contributed by atoms with E-state index in [1.54, 1.807) is 24.4 Å². The maximum Gasteiger partial charge on any atom is 0.343 e. The highest BCUT2D eigenvalue weighted by Gasteiger charge is 2.15. The molecule has 0 spiro atoms. The largest absolute Gasteiger partial charge is 0.493 e. The predicted octanol–water partition coefficient (Wildman–Crippen LogP) is 2.49. The number of benzene rings is 1. The van der Waals surface area contributed by atoms with Crippen LogP contribution in [-0.2, 0) is 9.53 Å². The Hall–Kier alpha value is -3.29. The first-order valence-electron chi connectivity index (χ1n) is 9.00. The first kappa shape index (κ1) is 19.5. The molecule has 2 aromatic rings. The van der Waals surface area contributed by atoms with Crippen molar-refractivity contribution in [3.05, 3.63) is 42.1 Å². The van der Waals surface area contributed by atoms with Gasteiger partial charge in [0.15, 0.2) is 18.1 Å². The zero-order valence-corrected chi connectivity index (χ0v) is 15.9. The summed E-state index contributed by atoms with van der Waals surface area (Å²) in [4.78, 5) is 30.4. The smallest absolute Gasteiger partial charge is 0.343 e. The molecule has 1 aliphatic heterocycles. The Bertz CT molecular complexity index is 832. The van der Waals surface area contributed by atoms with Crippen LogP contribution in [0.2, 0.25) is 0 Å². The van der Waals surface area contributed by atoms with Crippen LogP contribution in [0.5, 0.6) is 11.5 Å². The first-order chi connectivity index (χ1) is 13.6. The van der Waals surface area contributed by atoms with Crippen LogP contribution in [-0.4, -0.2) is 50.8 Å². The van der Waals surface area contributed by atoms with Crippen LogP contribution in [0.4, 0.5) is 11.5 Å². The average molecular weight is 385 g/mol. The summed E-state index contributed by atoms with van der Waals surface area (Å²) in [6.45, 7) is 1.79. The van der Waals surface area contributed by atoms with Gasteiger partial charge in [-0.3, -0.25) is 4.79 Å². The van der Waals surface area contributed by atoms with E-state index < -0.39 is 5.97 Å². The molecule has 1 aromatic heterocycles. The van der Waals surface area contributed by atoms with Crippen molar-refractivity contribution in [2.24, 2.45) is 0 Å². The summed E-state index contributed by atoms with van der Waals surface area (Å²) >= 11 is 0. The molecule has 0 atom stereocenters. The van der Waals surface area contributed by atoms with Gasteiger partial charge in [-0.25, -0.2) is 9.78 Å². The maximum atomic E-state index is 12.5. The third-order valence-electron chi connectivity index (χ3n) is 4.43. The first-order valence-corrected chi connectivity index (χ1v) is 9.00. The van der Waals surface area contributed by atoms with Gasteiger partial charge in [0, 0.05) is 18.7 Å². The van der Waals surface area contributed by atoms with E-state index >= 15 is 0 Å². The van der Waals surface area contributed by atoms with Gasteiger partial charge in [-0.1, -0.05) is 0 Å². The number of amides is 1. The molecular formula is C20H23N3O5. The SMILES string of the molecule is COC(=O)COc1ccc(C(=O)Nc2ccc(N3CCCC3)nc2)cc1OC. The average Bonchev–Trinajstić information content (AvgIpc) is 3.27. The van der Waals surface area contributed by atoms with Crippen molar-refractivity contribution in [3.63, 3.8) is 0 Å². The van der Waals surface area contributed by atoms with Crippen molar-refractivity contribution in [1.82, 2.24) is 4.98 Å². The van der Waals surface area contributed by atoms with E-state index in [9.17, 15) is 9.59 Å². The Kier molecular flexibility index (Phi) is 6.31. The Morgan fingerprint density at radius 2 is 1.89 bits per heavy atom. The Morgan fingerprint density at radius 3 is 2.54 bits per heavy atom. The molecule has 2 heterocycles. The molecule has 148 valence electrons. The van der Waals surface area contributed by atoms with E-state index in [2.05, 4.69) is 19.9 Å². The normalized spacial score (nSPS) is 13.1. The molecule has 1 amide bonds. The number of methoxy groups -OCH3 is 2. The molecule has 0 bridgehead atoms. The molecule has 8 nitrogen and oxygen atoms in total. The third-order valence-corrected chi connectivity index (χ3v) is 4.43. The molecule has 3 rings (SSSR count). The Morgan fingerprint density at radius 1 is 1.11 bits per heavy atom. The van der Waals surface area contributed by atoms with Gasteiger partial charge >= 0.3 is 5.97 Å². The summed E-state index contributed by atoms with van der Waals surface area (Å²) in [5.74, 6) is 0.812. The zero-order valence-electron chi connectivity index (χ0n) is 15.9. The van der Waals surface area contributed by atoms with Gasteiger partial charge in [0.05, 0.1) is 26.1 Å². The second kappa shape index (κ2) is 9.07. The van der Waals surface area contributed by atoms with Crippen molar-refractivity contribution < 1.29 is 23.8 Å². The van der Waals surface area contributed by atoms with Crippen LogP contribution in [0.15, 0.2) is 36.5 Å². The molecule has 0 saturated carbocycles. The van der Waals surface area contributed by atoms with Gasteiger partial charge in [0.25, 0.3) is 5.91 Å². The van der Waals surface area contributed by atoms with Gasteiger partial charge in [-0.15, -0.1) is 0 Å². The number of carbonyl (C=O) groups is 2. The highest BCUT2D eigenvalue weighted by atomic mass is 16.6. The monoisotopic (exact) mass is 385 g/mol. The number of carbonyl (C=O) groups excluding carboxylic acids is 2. The minimum absolute atomic E-state index is 0.243. The fraction of sp³-hybridized carbons (Fsp3) is 0.350. The molecule has 0 unspecified atom stereocenters. The summed E-state index contributed by atoms with van der Waals surface area (Å²) < 4.78 is 15.1. The lowest BCUT2D eigenvalue weighted by atomic mass is 10.2. The van der Waals surface area contributed by atoms with Crippen LogP contribution in [0.25, 0.3) is 0 Å². The predicted molar refractivity (Wildman–Crippen MR) is 104 cm³/mol. The van der Waals surface area contributed by atoms with Crippen molar-refractivity contribution in [1.29, 1.82) is 0 Å². The lowest BCUT2D eigenvalue weighted by molar-refractivity contribution is -0.142. The minimum Gasteiger partial charge on any atom is -0.493 e. The quantitative estimate of drug-likeness (QED) is 0.732. The molecule has 1 saturated heterocycles. The summed E-state index contributed by atoms with van der Waals surface area (Å²) in [6.07, 6.45) is 4.01. The lowest BCUT2D eigenvalue weighted by Gasteiger charge is -2.16. The molecule has 0 aliphatic carbocycles. The lowest BCUT2D eigenvalue weighted by Crippen LogP contribution is -2.19.